The summed E-state index contributed by atoms with van der Waals surface area (Å²) in [5.74, 6) is -0.559. The van der Waals surface area contributed by atoms with E-state index in [1.54, 1.807) is 0 Å². The second-order valence-electron chi connectivity index (χ2n) is 3.43. The first-order chi connectivity index (χ1) is 8.43. The second kappa shape index (κ2) is 6.58. The number of halogens is 2. The van der Waals surface area contributed by atoms with E-state index in [2.05, 4.69) is 15.9 Å². The number of hydrogen-bond donors (Lipinski definition) is 2. The van der Waals surface area contributed by atoms with Crippen molar-refractivity contribution in [1.82, 2.24) is 4.31 Å². The quantitative estimate of drug-likeness (QED) is 0.792. The first kappa shape index (κ1) is 15.5. The third-order valence-electron chi connectivity index (χ3n) is 2.21. The zero-order valence-corrected chi connectivity index (χ0v) is 11.8. The minimum absolute atomic E-state index is 0.100. The van der Waals surface area contributed by atoms with Gasteiger partial charge in [0.1, 0.15) is 5.82 Å². The van der Waals surface area contributed by atoms with Gasteiger partial charge in [0.2, 0.25) is 10.0 Å². The summed E-state index contributed by atoms with van der Waals surface area (Å²) in [5.41, 5.74) is 0. The molecule has 0 fully saturated rings. The number of nitrogens with zero attached hydrogens (tertiary/aromatic N) is 1. The van der Waals surface area contributed by atoms with E-state index in [4.69, 9.17) is 10.2 Å². The first-order valence-electron chi connectivity index (χ1n) is 5.10. The van der Waals surface area contributed by atoms with E-state index >= 15 is 0 Å². The van der Waals surface area contributed by atoms with Crippen molar-refractivity contribution in [3.8, 4) is 0 Å². The minimum atomic E-state index is -3.87. The van der Waals surface area contributed by atoms with Crippen molar-refractivity contribution in [2.75, 3.05) is 26.3 Å². The Morgan fingerprint density at radius 3 is 2.22 bits per heavy atom. The van der Waals surface area contributed by atoms with Gasteiger partial charge in [-0.3, -0.25) is 0 Å². The molecule has 0 aliphatic rings. The Labute approximate surface area is 113 Å². The maximum Gasteiger partial charge on any atom is 0.244 e. The van der Waals surface area contributed by atoms with Crippen LogP contribution in [-0.4, -0.2) is 49.2 Å². The van der Waals surface area contributed by atoms with Crippen LogP contribution in [0.15, 0.2) is 27.6 Å². The molecule has 0 heterocycles. The molecule has 5 nitrogen and oxygen atoms in total. The normalized spacial score (nSPS) is 12.1. The fourth-order valence-corrected chi connectivity index (χ4v) is 3.83. The van der Waals surface area contributed by atoms with Crippen LogP contribution in [0.2, 0.25) is 0 Å². The summed E-state index contributed by atoms with van der Waals surface area (Å²) in [7, 11) is -3.87. The van der Waals surface area contributed by atoms with Crippen molar-refractivity contribution in [3.63, 3.8) is 0 Å². The highest BCUT2D eigenvalue weighted by Crippen LogP contribution is 2.25. The third-order valence-corrected chi connectivity index (χ3v) is 5.09. The second-order valence-corrected chi connectivity index (χ2v) is 6.19. The first-order valence-corrected chi connectivity index (χ1v) is 7.33. The lowest BCUT2D eigenvalue weighted by molar-refractivity contribution is 0.217. The van der Waals surface area contributed by atoms with Gasteiger partial charge >= 0.3 is 0 Å². The number of rotatable bonds is 6. The predicted molar refractivity (Wildman–Crippen MR) is 67.0 cm³/mol. The molecule has 0 spiro atoms. The van der Waals surface area contributed by atoms with Crippen molar-refractivity contribution in [3.05, 3.63) is 28.5 Å². The van der Waals surface area contributed by atoms with Crippen molar-refractivity contribution in [2.24, 2.45) is 0 Å². The maximum absolute atomic E-state index is 12.9. The highest BCUT2D eigenvalue weighted by atomic mass is 79.9. The van der Waals surface area contributed by atoms with E-state index in [9.17, 15) is 12.8 Å². The monoisotopic (exact) mass is 341 g/mol. The molecule has 0 amide bonds. The molecule has 2 N–H and O–H groups in total. The van der Waals surface area contributed by atoms with Crippen molar-refractivity contribution in [1.29, 1.82) is 0 Å². The summed E-state index contributed by atoms with van der Waals surface area (Å²) >= 11 is 2.98. The molecule has 0 aliphatic heterocycles. The van der Waals surface area contributed by atoms with Gasteiger partial charge in [0.25, 0.3) is 0 Å². The van der Waals surface area contributed by atoms with E-state index in [1.165, 1.54) is 0 Å². The molecule has 0 atom stereocenters. The van der Waals surface area contributed by atoms with E-state index in [0.29, 0.717) is 0 Å². The van der Waals surface area contributed by atoms with Gasteiger partial charge in [-0.25, -0.2) is 12.8 Å². The fraction of sp³-hybridized carbons (Fsp3) is 0.400. The Hall–Kier alpha value is -0.540. The molecular weight excluding hydrogens is 329 g/mol. The maximum atomic E-state index is 12.9. The van der Waals surface area contributed by atoms with E-state index in [1.807, 2.05) is 0 Å². The molecule has 0 aromatic heterocycles. The molecule has 1 aromatic carbocycles. The molecule has 0 saturated carbocycles. The van der Waals surface area contributed by atoms with Crippen LogP contribution in [0.25, 0.3) is 0 Å². The van der Waals surface area contributed by atoms with Crippen LogP contribution in [0.4, 0.5) is 4.39 Å². The highest BCUT2D eigenvalue weighted by Gasteiger charge is 2.25. The van der Waals surface area contributed by atoms with Crippen LogP contribution in [0.1, 0.15) is 0 Å². The lowest BCUT2D eigenvalue weighted by Gasteiger charge is -2.20. The van der Waals surface area contributed by atoms with Crippen molar-refractivity contribution in [2.45, 2.75) is 4.90 Å². The van der Waals surface area contributed by atoms with E-state index < -0.39 is 15.8 Å². The number of aliphatic hydroxyl groups is 2. The largest absolute Gasteiger partial charge is 0.395 e. The highest BCUT2D eigenvalue weighted by molar-refractivity contribution is 9.10. The smallest absolute Gasteiger partial charge is 0.244 e. The summed E-state index contributed by atoms with van der Waals surface area (Å²) in [6, 6.07) is 3.22. The molecule has 0 bridgehead atoms. The van der Waals surface area contributed by atoms with Crippen LogP contribution >= 0.6 is 15.9 Å². The van der Waals surface area contributed by atoms with Crippen LogP contribution in [-0.2, 0) is 10.0 Å². The summed E-state index contributed by atoms with van der Waals surface area (Å²) in [5, 5.41) is 17.7. The zero-order chi connectivity index (χ0) is 13.8. The Bertz CT molecular complexity index is 503. The minimum Gasteiger partial charge on any atom is -0.395 e. The summed E-state index contributed by atoms with van der Waals surface area (Å²) < 4.78 is 38.3. The molecule has 0 unspecified atom stereocenters. The predicted octanol–water partition coefficient (Wildman–Crippen LogP) is 0.564. The lowest BCUT2D eigenvalue weighted by atomic mass is 10.3. The Morgan fingerprint density at radius 1 is 1.22 bits per heavy atom. The summed E-state index contributed by atoms with van der Waals surface area (Å²) in [4.78, 5) is -0.106. The molecule has 1 rings (SSSR count). The van der Waals surface area contributed by atoms with Crippen LogP contribution < -0.4 is 0 Å². The average Bonchev–Trinajstić information content (AvgIpc) is 2.28. The van der Waals surface area contributed by atoms with Crippen molar-refractivity contribution < 1.29 is 23.0 Å². The zero-order valence-electron chi connectivity index (χ0n) is 9.38. The van der Waals surface area contributed by atoms with Gasteiger partial charge in [-0.1, -0.05) is 0 Å². The van der Waals surface area contributed by atoms with Gasteiger partial charge < -0.3 is 10.2 Å². The van der Waals surface area contributed by atoms with Gasteiger partial charge in [-0.15, -0.1) is 0 Å². The van der Waals surface area contributed by atoms with Gasteiger partial charge in [-0.2, -0.15) is 4.31 Å². The van der Waals surface area contributed by atoms with Crippen LogP contribution in [0, 0.1) is 5.82 Å². The Kier molecular flexibility index (Phi) is 5.67. The van der Waals surface area contributed by atoms with E-state index in [-0.39, 0.29) is 35.7 Å². The molecule has 18 heavy (non-hydrogen) atoms. The SMILES string of the molecule is O=S(=O)(c1ccc(F)cc1Br)N(CCO)CCO. The number of hydrogen-bond acceptors (Lipinski definition) is 4. The average molecular weight is 342 g/mol. The molecule has 0 saturated heterocycles. The van der Waals surface area contributed by atoms with Gasteiger partial charge in [0, 0.05) is 17.6 Å². The fourth-order valence-electron chi connectivity index (χ4n) is 1.40. The number of benzene rings is 1. The molecule has 0 radical (unpaired) electrons. The van der Waals surface area contributed by atoms with Crippen molar-refractivity contribution >= 4 is 26.0 Å². The lowest BCUT2D eigenvalue weighted by Crippen LogP contribution is -2.36. The van der Waals surface area contributed by atoms with Gasteiger partial charge in [0.05, 0.1) is 18.1 Å². The van der Waals surface area contributed by atoms with Crippen LogP contribution in [0.3, 0.4) is 0 Å². The molecular formula is C10H13BrFNO4S. The number of aliphatic hydroxyl groups excluding tert-OH is 2. The van der Waals surface area contributed by atoms with Gasteiger partial charge in [0.15, 0.2) is 0 Å². The van der Waals surface area contributed by atoms with Gasteiger partial charge in [-0.05, 0) is 34.1 Å². The molecule has 1 aromatic rings. The van der Waals surface area contributed by atoms with E-state index in [0.717, 1.165) is 22.5 Å². The Morgan fingerprint density at radius 2 is 1.78 bits per heavy atom. The number of sulfonamides is 1. The summed E-state index contributed by atoms with van der Waals surface area (Å²) in [6.07, 6.45) is 0. The molecule has 0 aliphatic carbocycles. The summed E-state index contributed by atoms with van der Waals surface area (Å²) in [6.45, 7) is -0.991. The standard InChI is InChI=1S/C10H13BrFNO4S/c11-9-7-8(12)1-2-10(9)18(16,17)13(3-5-14)4-6-15/h1-2,7,14-15H,3-6H2. The topological polar surface area (TPSA) is 77.8 Å². The molecule has 8 heteroatoms. The Balaban J connectivity index is 3.17. The van der Waals surface area contributed by atoms with Crippen LogP contribution in [0.5, 0.6) is 0 Å². The third kappa shape index (κ3) is 3.48. The molecule has 102 valence electrons.